The summed E-state index contributed by atoms with van der Waals surface area (Å²) < 4.78 is 18.1. The van der Waals surface area contributed by atoms with E-state index < -0.39 is 36.1 Å². The van der Waals surface area contributed by atoms with Crippen LogP contribution < -0.4 is 5.32 Å². The van der Waals surface area contributed by atoms with Crippen molar-refractivity contribution in [2.45, 2.75) is 13.0 Å². The van der Waals surface area contributed by atoms with Crippen LogP contribution in [-0.4, -0.2) is 30.0 Å². The standard InChI is InChI=1S/C25H17ClFNO5/c1-13(14-6-8-15(27)9-7-14)28-20(29)12-33-25(32)19-11-10-18-21(22(19)26)24(31)17-5-3-2-4-16(17)23(18)30/h2-11,13H,12H2,1H3,(H,28,29)/t13-/m0/s1. The molecule has 1 aliphatic rings. The van der Waals surface area contributed by atoms with Gasteiger partial charge >= 0.3 is 5.97 Å². The van der Waals surface area contributed by atoms with Gasteiger partial charge in [0.25, 0.3) is 5.91 Å². The molecule has 33 heavy (non-hydrogen) atoms. The highest BCUT2D eigenvalue weighted by Gasteiger charge is 2.33. The van der Waals surface area contributed by atoms with Gasteiger partial charge in [-0.1, -0.05) is 48.0 Å². The normalized spacial score (nSPS) is 13.1. The average molecular weight is 466 g/mol. The van der Waals surface area contributed by atoms with Crippen LogP contribution in [0.5, 0.6) is 0 Å². The molecule has 6 nitrogen and oxygen atoms in total. The summed E-state index contributed by atoms with van der Waals surface area (Å²) in [6.45, 7) is 1.11. The number of ether oxygens (including phenoxy) is 1. The molecule has 166 valence electrons. The highest BCUT2D eigenvalue weighted by atomic mass is 35.5. The van der Waals surface area contributed by atoms with Gasteiger partial charge in [-0.15, -0.1) is 0 Å². The van der Waals surface area contributed by atoms with Crippen LogP contribution in [-0.2, 0) is 9.53 Å². The Hall–Kier alpha value is -3.84. The number of rotatable bonds is 5. The van der Waals surface area contributed by atoms with Gasteiger partial charge in [0.1, 0.15) is 5.82 Å². The predicted octanol–water partition coefficient (Wildman–Crippen LogP) is 4.29. The fourth-order valence-corrected chi connectivity index (χ4v) is 3.96. The third-order valence-electron chi connectivity index (χ3n) is 5.33. The first-order chi connectivity index (χ1) is 15.8. The maximum Gasteiger partial charge on any atom is 0.340 e. The molecule has 0 spiro atoms. The number of carbonyl (C=O) groups is 4. The van der Waals surface area contributed by atoms with Gasteiger partial charge in [-0.3, -0.25) is 14.4 Å². The Morgan fingerprint density at radius 3 is 2.24 bits per heavy atom. The van der Waals surface area contributed by atoms with E-state index in [4.69, 9.17) is 16.3 Å². The second kappa shape index (κ2) is 8.96. The molecule has 0 bridgehead atoms. The van der Waals surface area contributed by atoms with Gasteiger partial charge in [-0.05, 0) is 36.8 Å². The fraction of sp³-hybridized carbons (Fsp3) is 0.120. The first-order valence-electron chi connectivity index (χ1n) is 10.0. The van der Waals surface area contributed by atoms with Crippen LogP contribution >= 0.6 is 11.6 Å². The van der Waals surface area contributed by atoms with E-state index in [0.717, 1.165) is 0 Å². The predicted molar refractivity (Wildman–Crippen MR) is 118 cm³/mol. The highest BCUT2D eigenvalue weighted by molar-refractivity contribution is 6.41. The number of hydrogen-bond acceptors (Lipinski definition) is 5. The number of carbonyl (C=O) groups excluding carboxylic acids is 4. The molecule has 1 atom stereocenters. The third kappa shape index (κ3) is 4.27. The second-order valence-electron chi connectivity index (χ2n) is 7.47. The number of halogens is 2. The lowest BCUT2D eigenvalue weighted by molar-refractivity contribution is -0.124. The Labute approximate surface area is 193 Å². The molecule has 0 aliphatic heterocycles. The zero-order chi connectivity index (χ0) is 23.7. The molecule has 8 heteroatoms. The van der Waals surface area contributed by atoms with E-state index in [1.807, 2.05) is 0 Å². The topological polar surface area (TPSA) is 89.5 Å². The Morgan fingerprint density at radius 2 is 1.58 bits per heavy atom. The molecule has 0 saturated carbocycles. The Bertz CT molecular complexity index is 1300. The van der Waals surface area contributed by atoms with Crippen molar-refractivity contribution < 1.29 is 28.3 Å². The van der Waals surface area contributed by atoms with Gasteiger partial charge in [-0.25, -0.2) is 9.18 Å². The summed E-state index contributed by atoms with van der Waals surface area (Å²) in [5.74, 6) is -2.71. The van der Waals surface area contributed by atoms with E-state index in [0.29, 0.717) is 5.56 Å². The van der Waals surface area contributed by atoms with E-state index >= 15 is 0 Å². The van der Waals surface area contributed by atoms with E-state index in [-0.39, 0.29) is 38.6 Å². The molecule has 4 rings (SSSR count). The van der Waals surface area contributed by atoms with Crippen LogP contribution in [0.4, 0.5) is 4.39 Å². The van der Waals surface area contributed by atoms with E-state index in [1.54, 1.807) is 25.1 Å². The molecule has 3 aromatic rings. The van der Waals surface area contributed by atoms with Crippen molar-refractivity contribution in [2.75, 3.05) is 6.61 Å². The van der Waals surface area contributed by atoms with Crippen molar-refractivity contribution in [3.63, 3.8) is 0 Å². The molecule has 0 saturated heterocycles. The lowest BCUT2D eigenvalue weighted by Crippen LogP contribution is -2.31. The molecule has 3 aromatic carbocycles. The minimum Gasteiger partial charge on any atom is -0.452 e. The summed E-state index contributed by atoms with van der Waals surface area (Å²) in [4.78, 5) is 50.4. The smallest absolute Gasteiger partial charge is 0.340 e. The number of nitrogens with one attached hydrogen (secondary N) is 1. The van der Waals surface area contributed by atoms with Crippen LogP contribution in [0.1, 0.15) is 60.7 Å². The van der Waals surface area contributed by atoms with E-state index in [9.17, 15) is 23.6 Å². The number of amides is 1. The molecule has 0 unspecified atom stereocenters. The number of benzene rings is 3. The fourth-order valence-electron chi connectivity index (χ4n) is 3.63. The van der Waals surface area contributed by atoms with Crippen molar-refractivity contribution in [1.29, 1.82) is 0 Å². The van der Waals surface area contributed by atoms with E-state index in [1.165, 1.54) is 42.5 Å². The maximum absolute atomic E-state index is 13.0. The summed E-state index contributed by atoms with van der Waals surface area (Å²) in [5.41, 5.74) is 1.06. The first-order valence-corrected chi connectivity index (χ1v) is 10.4. The summed E-state index contributed by atoms with van der Waals surface area (Å²) in [6.07, 6.45) is 0. The monoisotopic (exact) mass is 465 g/mol. The molecule has 1 N–H and O–H groups in total. The second-order valence-corrected chi connectivity index (χ2v) is 7.85. The molecular formula is C25H17ClFNO5. The third-order valence-corrected chi connectivity index (χ3v) is 5.72. The molecule has 1 aliphatic carbocycles. The molecule has 0 fully saturated rings. The van der Waals surface area contributed by atoms with Gasteiger partial charge in [0.15, 0.2) is 18.2 Å². The molecule has 1 amide bonds. The minimum absolute atomic E-state index is 0.0656. The Kier molecular flexibility index (Phi) is 6.07. The Morgan fingerprint density at radius 1 is 0.939 bits per heavy atom. The molecule has 0 aromatic heterocycles. The maximum atomic E-state index is 13.0. The minimum atomic E-state index is -0.911. The van der Waals surface area contributed by atoms with Gasteiger partial charge in [-0.2, -0.15) is 0 Å². The van der Waals surface area contributed by atoms with Crippen LogP contribution in [0.15, 0.2) is 60.7 Å². The lowest BCUT2D eigenvalue weighted by atomic mass is 9.83. The highest BCUT2D eigenvalue weighted by Crippen LogP contribution is 2.34. The quantitative estimate of drug-likeness (QED) is 0.444. The number of hydrogen-bond donors (Lipinski definition) is 1. The van der Waals surface area contributed by atoms with Crippen LogP contribution in [0.3, 0.4) is 0 Å². The number of fused-ring (bicyclic) bond motifs is 2. The van der Waals surface area contributed by atoms with E-state index in [2.05, 4.69) is 5.32 Å². The van der Waals surface area contributed by atoms with Crippen molar-refractivity contribution in [3.05, 3.63) is 105 Å². The number of esters is 1. The van der Waals surface area contributed by atoms with Gasteiger partial charge in [0.05, 0.1) is 22.2 Å². The largest absolute Gasteiger partial charge is 0.452 e. The lowest BCUT2D eigenvalue weighted by Gasteiger charge is -2.19. The van der Waals surface area contributed by atoms with Gasteiger partial charge in [0.2, 0.25) is 0 Å². The van der Waals surface area contributed by atoms with Crippen LogP contribution in [0.2, 0.25) is 5.02 Å². The average Bonchev–Trinajstić information content (AvgIpc) is 2.81. The summed E-state index contributed by atoms with van der Waals surface area (Å²) >= 11 is 6.34. The SMILES string of the molecule is C[C@H](NC(=O)COC(=O)c1ccc2c(c1Cl)C(=O)c1ccccc1C2=O)c1ccc(F)cc1. The number of ketones is 2. The van der Waals surface area contributed by atoms with Crippen molar-refractivity contribution in [1.82, 2.24) is 5.32 Å². The molecular weight excluding hydrogens is 449 g/mol. The zero-order valence-electron chi connectivity index (χ0n) is 17.4. The van der Waals surface area contributed by atoms with Crippen molar-refractivity contribution in [3.8, 4) is 0 Å². The summed E-state index contributed by atoms with van der Waals surface area (Å²) in [5, 5.41) is 2.44. The molecule has 0 radical (unpaired) electrons. The summed E-state index contributed by atoms with van der Waals surface area (Å²) in [6, 6.07) is 14.2. The van der Waals surface area contributed by atoms with Crippen molar-refractivity contribution >= 4 is 35.0 Å². The van der Waals surface area contributed by atoms with Crippen molar-refractivity contribution in [2.24, 2.45) is 0 Å². The van der Waals surface area contributed by atoms with Crippen LogP contribution in [0.25, 0.3) is 0 Å². The van der Waals surface area contributed by atoms with Crippen LogP contribution in [0, 0.1) is 5.82 Å². The Balaban J connectivity index is 1.47. The van der Waals surface area contributed by atoms with Gasteiger partial charge in [0, 0.05) is 16.7 Å². The first kappa shape index (κ1) is 22.4. The summed E-state index contributed by atoms with van der Waals surface area (Å²) in [7, 11) is 0. The molecule has 0 heterocycles. The zero-order valence-corrected chi connectivity index (χ0v) is 18.1. The van der Waals surface area contributed by atoms with Gasteiger partial charge < -0.3 is 10.1 Å².